The van der Waals surface area contributed by atoms with Crippen LogP contribution in [0.2, 0.25) is 0 Å². The van der Waals surface area contributed by atoms with E-state index in [-0.39, 0.29) is 0 Å². The standard InChI is InChI=1S/C14H24N2O/c1-3-5-6-12(4-2)10-17-11-13-7-8-16-14(15)9-13/h7-9,12H,3-6,10-11H2,1-2H3,(H2,15,16). The lowest BCUT2D eigenvalue weighted by atomic mass is 10.0. The number of ether oxygens (including phenoxy) is 1. The van der Waals surface area contributed by atoms with Crippen LogP contribution in [0.5, 0.6) is 0 Å². The lowest BCUT2D eigenvalue weighted by Gasteiger charge is -2.14. The smallest absolute Gasteiger partial charge is 0.123 e. The molecule has 0 bridgehead atoms. The normalized spacial score (nSPS) is 12.6. The van der Waals surface area contributed by atoms with Gasteiger partial charge in [0.05, 0.1) is 6.61 Å². The predicted molar refractivity (Wildman–Crippen MR) is 71.6 cm³/mol. The molecule has 1 unspecified atom stereocenters. The van der Waals surface area contributed by atoms with Crippen molar-refractivity contribution >= 4 is 5.82 Å². The molecule has 1 rings (SSSR count). The molecule has 1 aromatic heterocycles. The molecule has 0 amide bonds. The van der Waals surface area contributed by atoms with E-state index in [1.807, 2.05) is 12.1 Å². The number of nitrogens with two attached hydrogens (primary N) is 1. The van der Waals surface area contributed by atoms with Crippen LogP contribution in [0.15, 0.2) is 18.3 Å². The highest BCUT2D eigenvalue weighted by Crippen LogP contribution is 2.14. The summed E-state index contributed by atoms with van der Waals surface area (Å²) in [6.07, 6.45) is 6.74. The highest BCUT2D eigenvalue weighted by molar-refractivity contribution is 5.31. The lowest BCUT2D eigenvalue weighted by Crippen LogP contribution is -2.09. The Hall–Kier alpha value is -1.09. The molecule has 17 heavy (non-hydrogen) atoms. The van der Waals surface area contributed by atoms with Crippen molar-refractivity contribution in [3.8, 4) is 0 Å². The van der Waals surface area contributed by atoms with Crippen molar-refractivity contribution in [1.29, 1.82) is 0 Å². The molecule has 0 aliphatic heterocycles. The number of hydrogen-bond acceptors (Lipinski definition) is 3. The molecule has 0 radical (unpaired) electrons. The fourth-order valence-corrected chi connectivity index (χ4v) is 1.83. The van der Waals surface area contributed by atoms with Gasteiger partial charge in [0.25, 0.3) is 0 Å². The molecule has 3 heteroatoms. The Morgan fingerprint density at radius 2 is 2.24 bits per heavy atom. The summed E-state index contributed by atoms with van der Waals surface area (Å²) in [5.74, 6) is 1.25. The van der Waals surface area contributed by atoms with Crippen LogP contribution in [0.25, 0.3) is 0 Å². The van der Waals surface area contributed by atoms with E-state index in [9.17, 15) is 0 Å². The highest BCUT2D eigenvalue weighted by atomic mass is 16.5. The Labute approximate surface area is 104 Å². The largest absolute Gasteiger partial charge is 0.384 e. The van der Waals surface area contributed by atoms with Crippen molar-refractivity contribution in [2.24, 2.45) is 5.92 Å². The van der Waals surface area contributed by atoms with Gasteiger partial charge >= 0.3 is 0 Å². The lowest BCUT2D eigenvalue weighted by molar-refractivity contribution is 0.0820. The maximum Gasteiger partial charge on any atom is 0.123 e. The summed E-state index contributed by atoms with van der Waals surface area (Å²) in [5, 5.41) is 0. The minimum Gasteiger partial charge on any atom is -0.384 e. The second kappa shape index (κ2) is 8.07. The first-order valence-corrected chi connectivity index (χ1v) is 6.54. The molecular formula is C14H24N2O. The van der Waals surface area contributed by atoms with Gasteiger partial charge in [0.15, 0.2) is 0 Å². The summed E-state index contributed by atoms with van der Waals surface area (Å²) in [6, 6.07) is 3.82. The van der Waals surface area contributed by atoms with Gasteiger partial charge in [-0.1, -0.05) is 33.1 Å². The van der Waals surface area contributed by atoms with Crippen molar-refractivity contribution in [3.63, 3.8) is 0 Å². The van der Waals surface area contributed by atoms with E-state index in [1.54, 1.807) is 6.20 Å². The molecule has 96 valence electrons. The molecule has 0 saturated heterocycles. The Bertz CT molecular complexity index is 315. The number of hydrogen-bond donors (Lipinski definition) is 1. The van der Waals surface area contributed by atoms with E-state index in [2.05, 4.69) is 18.8 Å². The molecule has 1 aromatic rings. The number of pyridine rings is 1. The van der Waals surface area contributed by atoms with E-state index < -0.39 is 0 Å². The van der Waals surface area contributed by atoms with Gasteiger partial charge in [-0.15, -0.1) is 0 Å². The summed E-state index contributed by atoms with van der Waals surface area (Å²) in [5.41, 5.74) is 6.72. The van der Waals surface area contributed by atoms with Crippen molar-refractivity contribution in [1.82, 2.24) is 4.98 Å². The summed E-state index contributed by atoms with van der Waals surface area (Å²) in [7, 11) is 0. The third-order valence-electron chi connectivity index (χ3n) is 3.01. The third kappa shape index (κ3) is 5.68. The van der Waals surface area contributed by atoms with Crippen molar-refractivity contribution in [2.45, 2.75) is 46.1 Å². The number of nitrogen functional groups attached to an aromatic ring is 1. The zero-order chi connectivity index (χ0) is 12.5. The molecular weight excluding hydrogens is 212 g/mol. The van der Waals surface area contributed by atoms with Crippen LogP contribution in [0.1, 0.15) is 45.1 Å². The number of nitrogens with zero attached hydrogens (tertiary/aromatic N) is 1. The molecule has 1 heterocycles. The van der Waals surface area contributed by atoms with Crippen molar-refractivity contribution in [3.05, 3.63) is 23.9 Å². The van der Waals surface area contributed by atoms with Crippen LogP contribution in [0, 0.1) is 5.92 Å². The maximum atomic E-state index is 5.74. The van der Waals surface area contributed by atoms with Crippen LogP contribution < -0.4 is 5.73 Å². The van der Waals surface area contributed by atoms with Gasteiger partial charge in [0.1, 0.15) is 5.82 Å². The Morgan fingerprint density at radius 3 is 2.88 bits per heavy atom. The monoisotopic (exact) mass is 236 g/mol. The topological polar surface area (TPSA) is 48.1 Å². The zero-order valence-corrected chi connectivity index (χ0v) is 11.0. The average molecular weight is 236 g/mol. The van der Waals surface area contributed by atoms with Crippen LogP contribution in [0.4, 0.5) is 5.82 Å². The minimum absolute atomic E-state index is 0.559. The molecule has 1 atom stereocenters. The maximum absolute atomic E-state index is 5.74. The fourth-order valence-electron chi connectivity index (χ4n) is 1.83. The number of anilines is 1. The number of rotatable bonds is 8. The van der Waals surface area contributed by atoms with Crippen LogP contribution >= 0.6 is 0 Å². The first kappa shape index (κ1) is 14.0. The van der Waals surface area contributed by atoms with Gasteiger partial charge in [-0.2, -0.15) is 0 Å². The Kier molecular flexibility index (Phi) is 6.63. The van der Waals surface area contributed by atoms with Crippen LogP contribution in [-0.4, -0.2) is 11.6 Å². The van der Waals surface area contributed by atoms with Crippen LogP contribution in [0.3, 0.4) is 0 Å². The Morgan fingerprint density at radius 1 is 1.41 bits per heavy atom. The fraction of sp³-hybridized carbons (Fsp3) is 0.643. The van der Waals surface area contributed by atoms with E-state index in [0.717, 1.165) is 12.2 Å². The third-order valence-corrected chi connectivity index (χ3v) is 3.01. The van der Waals surface area contributed by atoms with E-state index >= 15 is 0 Å². The molecule has 0 aromatic carbocycles. The summed E-state index contributed by atoms with van der Waals surface area (Å²) in [4.78, 5) is 3.96. The summed E-state index contributed by atoms with van der Waals surface area (Å²) in [6.45, 7) is 5.94. The summed E-state index contributed by atoms with van der Waals surface area (Å²) < 4.78 is 5.74. The van der Waals surface area contributed by atoms with Gasteiger partial charge in [-0.05, 0) is 30.0 Å². The molecule has 3 nitrogen and oxygen atoms in total. The van der Waals surface area contributed by atoms with Gasteiger partial charge < -0.3 is 10.5 Å². The van der Waals surface area contributed by atoms with Gasteiger partial charge in [0.2, 0.25) is 0 Å². The summed E-state index contributed by atoms with van der Waals surface area (Å²) >= 11 is 0. The second-order valence-electron chi connectivity index (χ2n) is 4.52. The van der Waals surface area contributed by atoms with Crippen molar-refractivity contribution in [2.75, 3.05) is 12.3 Å². The minimum atomic E-state index is 0.559. The van der Waals surface area contributed by atoms with E-state index in [4.69, 9.17) is 10.5 Å². The average Bonchev–Trinajstić information content (AvgIpc) is 2.33. The number of aromatic nitrogens is 1. The Balaban J connectivity index is 2.26. The number of unbranched alkanes of at least 4 members (excludes halogenated alkanes) is 1. The first-order valence-electron chi connectivity index (χ1n) is 6.54. The molecule has 0 aliphatic rings. The molecule has 0 aliphatic carbocycles. The molecule has 0 saturated carbocycles. The highest BCUT2D eigenvalue weighted by Gasteiger charge is 2.06. The SMILES string of the molecule is CCCCC(CC)COCc1ccnc(N)c1. The zero-order valence-electron chi connectivity index (χ0n) is 11.0. The van der Waals surface area contributed by atoms with Crippen molar-refractivity contribution < 1.29 is 4.74 Å². The van der Waals surface area contributed by atoms with Gasteiger partial charge in [0, 0.05) is 12.8 Å². The van der Waals surface area contributed by atoms with Gasteiger partial charge in [-0.25, -0.2) is 4.98 Å². The molecule has 0 fully saturated rings. The quantitative estimate of drug-likeness (QED) is 0.752. The first-order chi connectivity index (χ1) is 8.26. The van der Waals surface area contributed by atoms with Crippen LogP contribution in [-0.2, 0) is 11.3 Å². The van der Waals surface area contributed by atoms with Gasteiger partial charge in [-0.3, -0.25) is 0 Å². The second-order valence-corrected chi connectivity index (χ2v) is 4.52. The van der Waals surface area contributed by atoms with E-state index in [1.165, 1.54) is 25.7 Å². The predicted octanol–water partition coefficient (Wildman–Crippen LogP) is 3.40. The van der Waals surface area contributed by atoms with E-state index in [0.29, 0.717) is 18.3 Å². The molecule has 2 N–H and O–H groups in total. The molecule has 0 spiro atoms.